The fourth-order valence-corrected chi connectivity index (χ4v) is 1.33. The van der Waals surface area contributed by atoms with Crippen LogP contribution < -0.4 is 5.73 Å². The maximum atomic E-state index is 12.7. The topological polar surface area (TPSA) is 51.8 Å². The minimum Gasteiger partial charge on any atom is -0.391 e. The van der Waals surface area contributed by atoms with E-state index < -0.39 is 17.6 Å². The van der Waals surface area contributed by atoms with Gasteiger partial charge in [-0.1, -0.05) is 18.7 Å². The molecule has 0 aromatic carbocycles. The molecule has 1 aromatic rings. The third-order valence-corrected chi connectivity index (χ3v) is 2.32. The first-order chi connectivity index (χ1) is 6.15. The molecule has 13 heavy (non-hydrogen) atoms. The minimum absolute atomic E-state index is 0.0889. The zero-order chi connectivity index (χ0) is 9.84. The van der Waals surface area contributed by atoms with Crippen LogP contribution in [0.1, 0.15) is 13.3 Å². The van der Waals surface area contributed by atoms with Gasteiger partial charge in [0.1, 0.15) is 5.69 Å². The van der Waals surface area contributed by atoms with E-state index in [2.05, 4.69) is 9.97 Å². The molecule has 0 spiro atoms. The highest BCUT2D eigenvalue weighted by Crippen LogP contribution is 2.18. The molecule has 1 aromatic heterocycles. The lowest BCUT2D eigenvalue weighted by Crippen LogP contribution is -2.03. The first-order valence-corrected chi connectivity index (χ1v) is 4.75. The SMILES string of the molecule is CCCSc1nc(F)c(N)c(F)n1. The molecule has 0 amide bonds. The second-order valence-corrected chi connectivity index (χ2v) is 3.41. The Labute approximate surface area is 78.8 Å². The van der Waals surface area contributed by atoms with E-state index in [0.29, 0.717) is 0 Å². The van der Waals surface area contributed by atoms with Crippen molar-refractivity contribution in [2.24, 2.45) is 0 Å². The third kappa shape index (κ3) is 2.51. The molecule has 0 aliphatic carbocycles. The number of anilines is 1. The first-order valence-electron chi connectivity index (χ1n) is 3.76. The second-order valence-electron chi connectivity index (χ2n) is 2.35. The Kier molecular flexibility index (Phi) is 3.41. The molecule has 0 saturated heterocycles. The van der Waals surface area contributed by atoms with Crippen molar-refractivity contribution in [3.8, 4) is 0 Å². The van der Waals surface area contributed by atoms with Crippen LogP contribution in [0.4, 0.5) is 14.5 Å². The Morgan fingerprint density at radius 2 is 1.85 bits per heavy atom. The van der Waals surface area contributed by atoms with Crippen molar-refractivity contribution in [3.05, 3.63) is 11.9 Å². The molecular weight excluding hydrogens is 196 g/mol. The van der Waals surface area contributed by atoms with Crippen molar-refractivity contribution < 1.29 is 8.78 Å². The van der Waals surface area contributed by atoms with E-state index in [4.69, 9.17) is 5.73 Å². The van der Waals surface area contributed by atoms with Gasteiger partial charge in [-0.25, -0.2) is 0 Å². The van der Waals surface area contributed by atoms with Gasteiger partial charge in [0, 0.05) is 5.75 Å². The molecule has 0 fully saturated rings. The van der Waals surface area contributed by atoms with Crippen LogP contribution in [0.15, 0.2) is 5.16 Å². The normalized spacial score (nSPS) is 10.4. The first kappa shape index (κ1) is 10.2. The number of hydrogen-bond acceptors (Lipinski definition) is 4. The maximum Gasteiger partial charge on any atom is 0.243 e. The predicted octanol–water partition coefficient (Wildman–Crippen LogP) is 1.84. The van der Waals surface area contributed by atoms with Crippen molar-refractivity contribution in [2.45, 2.75) is 18.5 Å². The van der Waals surface area contributed by atoms with E-state index in [1.807, 2.05) is 6.92 Å². The number of nitrogens with zero attached hydrogens (tertiary/aromatic N) is 2. The summed E-state index contributed by atoms with van der Waals surface area (Å²) in [5, 5.41) is 0.0889. The predicted molar refractivity (Wildman–Crippen MR) is 47.4 cm³/mol. The van der Waals surface area contributed by atoms with Gasteiger partial charge in [-0.3, -0.25) is 0 Å². The summed E-state index contributed by atoms with van der Waals surface area (Å²) in [4.78, 5) is 6.78. The molecule has 2 N–H and O–H groups in total. The highest BCUT2D eigenvalue weighted by atomic mass is 32.2. The Balaban J connectivity index is 2.86. The highest BCUT2D eigenvalue weighted by Gasteiger charge is 2.10. The van der Waals surface area contributed by atoms with Crippen LogP contribution in [0.2, 0.25) is 0 Å². The van der Waals surface area contributed by atoms with Crippen LogP contribution in [0, 0.1) is 11.9 Å². The van der Waals surface area contributed by atoms with E-state index in [1.165, 1.54) is 11.8 Å². The van der Waals surface area contributed by atoms with Crippen molar-refractivity contribution in [3.63, 3.8) is 0 Å². The zero-order valence-electron chi connectivity index (χ0n) is 7.05. The third-order valence-electron chi connectivity index (χ3n) is 1.27. The fraction of sp³-hybridized carbons (Fsp3) is 0.429. The van der Waals surface area contributed by atoms with E-state index in [9.17, 15) is 8.78 Å². The molecule has 0 radical (unpaired) electrons. The monoisotopic (exact) mass is 205 g/mol. The molecule has 0 aliphatic heterocycles. The van der Waals surface area contributed by atoms with Gasteiger partial charge in [-0.05, 0) is 6.42 Å². The number of thioether (sulfide) groups is 1. The summed E-state index contributed by atoms with van der Waals surface area (Å²) in [7, 11) is 0. The summed E-state index contributed by atoms with van der Waals surface area (Å²) in [6, 6.07) is 0. The molecule has 0 aliphatic rings. The van der Waals surface area contributed by atoms with Gasteiger partial charge in [-0.2, -0.15) is 18.7 Å². The Morgan fingerprint density at radius 3 is 2.31 bits per heavy atom. The number of nitrogen functional groups attached to an aromatic ring is 1. The van der Waals surface area contributed by atoms with Crippen molar-refractivity contribution in [1.82, 2.24) is 9.97 Å². The molecule has 0 atom stereocenters. The van der Waals surface area contributed by atoms with Gasteiger partial charge >= 0.3 is 0 Å². The van der Waals surface area contributed by atoms with Crippen LogP contribution in [0.25, 0.3) is 0 Å². The summed E-state index contributed by atoms with van der Waals surface area (Å²) in [6.45, 7) is 1.96. The summed E-state index contributed by atoms with van der Waals surface area (Å²) in [5.74, 6) is -1.26. The number of halogens is 2. The molecule has 72 valence electrons. The molecule has 6 heteroatoms. The van der Waals surface area contributed by atoms with Gasteiger partial charge in [0.2, 0.25) is 11.9 Å². The molecule has 3 nitrogen and oxygen atoms in total. The van der Waals surface area contributed by atoms with E-state index in [-0.39, 0.29) is 5.16 Å². The lowest BCUT2D eigenvalue weighted by molar-refractivity contribution is 0.511. The summed E-state index contributed by atoms with van der Waals surface area (Å²) in [5.41, 5.74) is 4.37. The Hall–Kier alpha value is -0.910. The smallest absolute Gasteiger partial charge is 0.243 e. The van der Waals surface area contributed by atoms with E-state index in [0.717, 1.165) is 12.2 Å². The van der Waals surface area contributed by atoms with Crippen molar-refractivity contribution >= 4 is 17.4 Å². The molecule has 0 saturated carbocycles. The number of hydrogen-bond donors (Lipinski definition) is 1. The maximum absolute atomic E-state index is 12.7. The van der Waals surface area contributed by atoms with Gasteiger partial charge < -0.3 is 5.73 Å². The number of aromatic nitrogens is 2. The van der Waals surface area contributed by atoms with Crippen molar-refractivity contribution in [1.29, 1.82) is 0 Å². The number of nitrogens with two attached hydrogens (primary N) is 1. The summed E-state index contributed by atoms with van der Waals surface area (Å²) >= 11 is 1.20. The van der Waals surface area contributed by atoms with Gasteiger partial charge in [0.25, 0.3) is 0 Å². The average molecular weight is 205 g/mol. The average Bonchev–Trinajstić information content (AvgIpc) is 2.10. The Morgan fingerprint density at radius 1 is 1.31 bits per heavy atom. The molecular formula is C7H9F2N3S. The largest absolute Gasteiger partial charge is 0.391 e. The van der Waals surface area contributed by atoms with Crippen LogP contribution in [0.3, 0.4) is 0 Å². The van der Waals surface area contributed by atoms with Gasteiger partial charge in [-0.15, -0.1) is 0 Å². The van der Waals surface area contributed by atoms with Crippen LogP contribution in [0.5, 0.6) is 0 Å². The van der Waals surface area contributed by atoms with E-state index >= 15 is 0 Å². The van der Waals surface area contributed by atoms with Crippen LogP contribution in [-0.2, 0) is 0 Å². The molecule has 0 unspecified atom stereocenters. The zero-order valence-corrected chi connectivity index (χ0v) is 7.87. The molecule has 0 bridgehead atoms. The van der Waals surface area contributed by atoms with Gasteiger partial charge in [0.15, 0.2) is 5.16 Å². The molecule has 1 rings (SSSR count). The van der Waals surface area contributed by atoms with Crippen molar-refractivity contribution in [2.75, 3.05) is 11.5 Å². The highest BCUT2D eigenvalue weighted by molar-refractivity contribution is 7.99. The summed E-state index contributed by atoms with van der Waals surface area (Å²) < 4.78 is 25.5. The second kappa shape index (κ2) is 4.36. The quantitative estimate of drug-likeness (QED) is 0.464. The summed E-state index contributed by atoms with van der Waals surface area (Å²) in [6.07, 6.45) is 0.891. The Bertz CT molecular complexity index is 283. The lowest BCUT2D eigenvalue weighted by Gasteiger charge is -2.00. The minimum atomic E-state index is -0.994. The van der Waals surface area contributed by atoms with Gasteiger partial charge in [0.05, 0.1) is 0 Å². The molecule has 1 heterocycles. The fourth-order valence-electron chi connectivity index (χ4n) is 0.656. The van der Waals surface area contributed by atoms with E-state index in [1.54, 1.807) is 0 Å². The van der Waals surface area contributed by atoms with Crippen LogP contribution in [-0.4, -0.2) is 15.7 Å². The lowest BCUT2D eigenvalue weighted by atomic mass is 10.5. The number of rotatable bonds is 3. The van der Waals surface area contributed by atoms with Crippen LogP contribution >= 0.6 is 11.8 Å². The standard InChI is InChI=1S/C7H9F2N3S/c1-2-3-13-7-11-5(8)4(10)6(9)12-7/h2-3,10H2,1H3.